The van der Waals surface area contributed by atoms with Crippen LogP contribution in [0.2, 0.25) is 0 Å². The molecule has 0 aliphatic carbocycles. The number of ether oxygens (including phenoxy) is 2. The molecule has 0 saturated carbocycles. The topological polar surface area (TPSA) is 102 Å². The molecule has 0 bridgehead atoms. The lowest BCUT2D eigenvalue weighted by Gasteiger charge is -2.20. The summed E-state index contributed by atoms with van der Waals surface area (Å²) in [4.78, 5) is 11.1. The van der Waals surface area contributed by atoms with Gasteiger partial charge in [-0.2, -0.15) is 12.7 Å². The highest BCUT2D eigenvalue weighted by atomic mass is 32.2. The zero-order valence-corrected chi connectivity index (χ0v) is 11.7. The Morgan fingerprint density at radius 1 is 1.29 bits per heavy atom. The number of amides is 1. The molecule has 1 fully saturated rings. The lowest BCUT2D eigenvalue weighted by molar-refractivity contribution is 0.164. The molecule has 8 nitrogen and oxygen atoms in total. The minimum atomic E-state index is -4.20. The number of benzene rings is 1. The van der Waals surface area contributed by atoms with E-state index in [2.05, 4.69) is 4.18 Å². The van der Waals surface area contributed by atoms with Crippen molar-refractivity contribution in [2.24, 2.45) is 0 Å². The summed E-state index contributed by atoms with van der Waals surface area (Å²) >= 11 is 0. The monoisotopic (exact) mass is 315 g/mol. The quantitative estimate of drug-likeness (QED) is 0.853. The van der Waals surface area contributed by atoms with E-state index >= 15 is 0 Å². The molecule has 0 radical (unpaired) electrons. The third-order valence-electron chi connectivity index (χ3n) is 3.25. The van der Waals surface area contributed by atoms with E-state index in [1.54, 1.807) is 18.2 Å². The van der Waals surface area contributed by atoms with Gasteiger partial charge in [-0.3, -0.25) is 4.18 Å². The molecule has 0 unspecified atom stereocenters. The van der Waals surface area contributed by atoms with E-state index in [0.29, 0.717) is 29.0 Å². The van der Waals surface area contributed by atoms with Crippen molar-refractivity contribution < 1.29 is 32.0 Å². The van der Waals surface area contributed by atoms with Gasteiger partial charge in [-0.15, -0.1) is 0 Å². The molecule has 1 amide bonds. The zero-order chi connectivity index (χ0) is 15.0. The van der Waals surface area contributed by atoms with E-state index in [0.717, 1.165) is 5.56 Å². The van der Waals surface area contributed by atoms with E-state index < -0.39 is 22.4 Å². The molecule has 3 rings (SSSR count). The summed E-state index contributed by atoms with van der Waals surface area (Å²) in [5.74, 6) is 1.19. The van der Waals surface area contributed by atoms with Crippen LogP contribution >= 0.6 is 0 Å². The Morgan fingerprint density at radius 2 is 2.00 bits per heavy atom. The molecule has 1 aromatic carbocycles. The number of rotatable bonds is 2. The van der Waals surface area contributed by atoms with Crippen LogP contribution in [0.25, 0.3) is 0 Å². The van der Waals surface area contributed by atoms with Gasteiger partial charge >= 0.3 is 16.4 Å². The summed E-state index contributed by atoms with van der Waals surface area (Å²) in [5, 5.41) is 9.01. The van der Waals surface area contributed by atoms with E-state index in [1.165, 1.54) is 0 Å². The first-order chi connectivity index (χ1) is 9.97. The highest BCUT2D eigenvalue weighted by molar-refractivity contribution is 7.85. The van der Waals surface area contributed by atoms with Crippen molar-refractivity contribution in [3.63, 3.8) is 0 Å². The largest absolute Gasteiger partial charge is 0.486 e. The van der Waals surface area contributed by atoms with Crippen LogP contribution in [0, 0.1) is 0 Å². The Morgan fingerprint density at radius 3 is 2.71 bits per heavy atom. The number of carboxylic acid groups (broad SMARTS) is 1. The van der Waals surface area contributed by atoms with E-state index in [4.69, 9.17) is 14.6 Å². The molecule has 0 aromatic heterocycles. The number of hydrogen-bond acceptors (Lipinski definition) is 6. The fraction of sp³-hybridized carbons (Fsp3) is 0.417. The van der Waals surface area contributed by atoms with Crippen LogP contribution in [0.5, 0.6) is 11.5 Å². The molecule has 0 spiro atoms. The van der Waals surface area contributed by atoms with Crippen LogP contribution in [0.15, 0.2) is 18.2 Å². The average molecular weight is 315 g/mol. The van der Waals surface area contributed by atoms with E-state index in [1.807, 2.05) is 0 Å². The molecule has 1 saturated heterocycles. The van der Waals surface area contributed by atoms with Gasteiger partial charge in [-0.1, -0.05) is 6.07 Å². The van der Waals surface area contributed by atoms with Crippen molar-refractivity contribution in [1.29, 1.82) is 0 Å². The molecular formula is C12H13NO7S. The van der Waals surface area contributed by atoms with Crippen molar-refractivity contribution in [3.8, 4) is 11.5 Å². The van der Waals surface area contributed by atoms with Gasteiger partial charge in [0.15, 0.2) is 11.5 Å². The zero-order valence-electron chi connectivity index (χ0n) is 10.9. The van der Waals surface area contributed by atoms with E-state index in [9.17, 15) is 13.2 Å². The summed E-state index contributed by atoms with van der Waals surface area (Å²) in [6.07, 6.45) is -1.34. The van der Waals surface area contributed by atoms with Crippen molar-refractivity contribution in [2.45, 2.75) is 12.5 Å². The second-order valence-corrected chi connectivity index (χ2v) is 6.14. The molecule has 114 valence electrons. The number of carbonyl (C=O) groups is 1. The predicted molar refractivity (Wildman–Crippen MR) is 69.7 cm³/mol. The summed E-state index contributed by atoms with van der Waals surface area (Å²) in [7, 11) is -4.20. The van der Waals surface area contributed by atoms with E-state index in [-0.39, 0.29) is 13.0 Å². The first-order valence-electron chi connectivity index (χ1n) is 6.27. The lowest BCUT2D eigenvalue weighted by Crippen LogP contribution is -2.39. The summed E-state index contributed by atoms with van der Waals surface area (Å²) < 4.78 is 38.8. The summed E-state index contributed by atoms with van der Waals surface area (Å²) in [5.41, 5.74) is 0.746. The minimum Gasteiger partial charge on any atom is -0.486 e. The number of hydrogen-bond donors (Lipinski definition) is 1. The highest BCUT2D eigenvalue weighted by Gasteiger charge is 2.42. The fourth-order valence-corrected chi connectivity index (χ4v) is 3.49. The Balaban J connectivity index is 1.82. The van der Waals surface area contributed by atoms with Gasteiger partial charge in [-0.05, 0) is 24.1 Å². The Kier molecular flexibility index (Phi) is 3.38. The smallest absolute Gasteiger partial charge is 0.423 e. The maximum Gasteiger partial charge on any atom is 0.423 e. The van der Waals surface area contributed by atoms with Gasteiger partial charge in [0.05, 0.1) is 12.6 Å². The average Bonchev–Trinajstić information content (AvgIpc) is 2.73. The van der Waals surface area contributed by atoms with Crippen LogP contribution in [0.1, 0.15) is 5.56 Å². The molecule has 9 heteroatoms. The van der Waals surface area contributed by atoms with Gasteiger partial charge in [0.2, 0.25) is 0 Å². The Hall–Kier alpha value is -2.00. The van der Waals surface area contributed by atoms with Gasteiger partial charge in [0.1, 0.15) is 13.2 Å². The molecule has 1 atom stereocenters. The summed E-state index contributed by atoms with van der Waals surface area (Å²) in [6.45, 7) is 0.732. The summed E-state index contributed by atoms with van der Waals surface area (Å²) in [6, 6.07) is 4.41. The second-order valence-electron chi connectivity index (χ2n) is 4.66. The van der Waals surface area contributed by atoms with Crippen molar-refractivity contribution in [2.75, 3.05) is 19.8 Å². The van der Waals surface area contributed by atoms with Gasteiger partial charge < -0.3 is 14.6 Å². The van der Waals surface area contributed by atoms with Gasteiger partial charge in [0.25, 0.3) is 0 Å². The van der Waals surface area contributed by atoms with Gasteiger partial charge in [0, 0.05) is 0 Å². The lowest BCUT2D eigenvalue weighted by atomic mass is 10.1. The highest BCUT2D eigenvalue weighted by Crippen LogP contribution is 2.32. The molecule has 1 N–H and O–H groups in total. The predicted octanol–water partition coefficient (Wildman–Crippen LogP) is 0.624. The number of nitrogens with zero attached hydrogens (tertiary/aromatic N) is 1. The van der Waals surface area contributed by atoms with Crippen molar-refractivity contribution in [1.82, 2.24) is 4.31 Å². The van der Waals surface area contributed by atoms with Crippen LogP contribution < -0.4 is 9.47 Å². The molecule has 2 aliphatic heterocycles. The SMILES string of the molecule is O=C(O)N1[C@@H](Cc2ccc3c(c2)OCCO3)COS1(=O)=O. The second kappa shape index (κ2) is 5.08. The van der Waals surface area contributed by atoms with Crippen LogP contribution in [-0.2, 0) is 20.9 Å². The Labute approximate surface area is 121 Å². The van der Waals surface area contributed by atoms with Crippen molar-refractivity contribution >= 4 is 16.4 Å². The molecular weight excluding hydrogens is 302 g/mol. The normalized spacial score (nSPS) is 23.0. The van der Waals surface area contributed by atoms with Crippen molar-refractivity contribution in [3.05, 3.63) is 23.8 Å². The first kappa shape index (κ1) is 14.0. The standard InChI is InChI=1S/C12H13NO7S/c14-12(15)13-9(7-20-21(13,16)17)5-8-1-2-10-11(6-8)19-4-3-18-10/h1-2,6,9H,3-5,7H2,(H,14,15)/t9-/m0/s1. The third-order valence-corrected chi connectivity index (χ3v) is 4.62. The Bertz CT molecular complexity index is 672. The third kappa shape index (κ3) is 2.61. The van der Waals surface area contributed by atoms with Crippen LogP contribution in [-0.4, -0.2) is 49.8 Å². The molecule has 2 heterocycles. The maximum atomic E-state index is 11.5. The molecule has 1 aromatic rings. The molecule has 2 aliphatic rings. The fourth-order valence-electron chi connectivity index (χ4n) is 2.35. The minimum absolute atomic E-state index is 0.191. The maximum absolute atomic E-state index is 11.5. The molecule has 21 heavy (non-hydrogen) atoms. The van der Waals surface area contributed by atoms with Crippen LogP contribution in [0.3, 0.4) is 0 Å². The number of fused-ring (bicyclic) bond motifs is 1. The van der Waals surface area contributed by atoms with Crippen LogP contribution in [0.4, 0.5) is 4.79 Å². The van der Waals surface area contributed by atoms with Gasteiger partial charge in [-0.25, -0.2) is 4.79 Å². The first-order valence-corrected chi connectivity index (χ1v) is 7.64.